The second-order valence-corrected chi connectivity index (χ2v) is 10.7. The van der Waals surface area contributed by atoms with Crippen molar-refractivity contribution in [1.29, 1.82) is 0 Å². The molecule has 2 fully saturated rings. The number of thiophene rings is 1. The lowest BCUT2D eigenvalue weighted by Gasteiger charge is -2.33. The fourth-order valence-corrected chi connectivity index (χ4v) is 6.38. The number of hydrogen-bond acceptors (Lipinski definition) is 5. The number of carbonyl (C=O) groups excluding carboxylic acids is 2. The third-order valence-corrected chi connectivity index (χ3v) is 8.59. The normalized spacial score (nSPS) is 20.7. The Morgan fingerprint density at radius 2 is 1.83 bits per heavy atom. The number of amides is 2. The molecule has 1 N–H and O–H groups in total. The molecule has 0 saturated carbocycles. The smallest absolute Gasteiger partial charge is 0.250 e. The Kier molecular flexibility index (Phi) is 6.21. The maximum Gasteiger partial charge on any atom is 0.250 e. The van der Waals surface area contributed by atoms with Gasteiger partial charge in [-0.3, -0.25) is 9.59 Å². The molecule has 2 saturated heterocycles. The van der Waals surface area contributed by atoms with Crippen LogP contribution in [-0.4, -0.2) is 55.7 Å². The molecule has 0 spiro atoms. The lowest BCUT2D eigenvalue weighted by Crippen LogP contribution is -2.48. The maximum absolute atomic E-state index is 12.9. The number of nitrogens with one attached hydrogen (secondary N) is 1. The average molecular weight is 448 g/mol. The van der Waals surface area contributed by atoms with E-state index in [1.54, 1.807) is 27.3 Å². The zero-order valence-corrected chi connectivity index (χ0v) is 18.2. The number of piperidine rings is 1. The predicted octanol–water partition coefficient (Wildman–Crippen LogP) is 2.07. The van der Waals surface area contributed by atoms with Crippen LogP contribution in [-0.2, 0) is 26.2 Å². The first kappa shape index (κ1) is 21.0. The van der Waals surface area contributed by atoms with Crippen molar-refractivity contribution in [3.05, 3.63) is 53.4 Å². The molecule has 0 aliphatic carbocycles. The molecule has 0 bridgehead atoms. The molecule has 3 heterocycles. The highest BCUT2D eigenvalue weighted by Gasteiger charge is 2.37. The summed E-state index contributed by atoms with van der Waals surface area (Å²) in [7, 11) is -3.50. The van der Waals surface area contributed by atoms with Crippen LogP contribution in [0.3, 0.4) is 0 Å². The summed E-state index contributed by atoms with van der Waals surface area (Å²) >= 11 is 1.19. The molecule has 2 aromatic rings. The molecule has 0 radical (unpaired) electrons. The van der Waals surface area contributed by atoms with Crippen molar-refractivity contribution in [2.24, 2.45) is 5.92 Å². The molecule has 2 aliphatic heterocycles. The highest BCUT2D eigenvalue weighted by molar-refractivity contribution is 7.91. The molecule has 1 aromatic heterocycles. The van der Waals surface area contributed by atoms with E-state index in [2.05, 4.69) is 4.72 Å². The number of nitrogens with zero attached hydrogens (tertiary/aromatic N) is 2. The summed E-state index contributed by atoms with van der Waals surface area (Å²) in [4.78, 5) is 28.8. The van der Waals surface area contributed by atoms with Crippen molar-refractivity contribution in [3.63, 3.8) is 0 Å². The molecule has 30 heavy (non-hydrogen) atoms. The van der Waals surface area contributed by atoms with Crippen LogP contribution < -0.4 is 4.72 Å². The van der Waals surface area contributed by atoms with Gasteiger partial charge in [-0.1, -0.05) is 36.4 Å². The van der Waals surface area contributed by atoms with Gasteiger partial charge < -0.3 is 9.80 Å². The summed E-state index contributed by atoms with van der Waals surface area (Å²) in [6.45, 7) is 1.97. The first-order chi connectivity index (χ1) is 14.4. The van der Waals surface area contributed by atoms with Gasteiger partial charge in [-0.15, -0.1) is 11.3 Å². The lowest BCUT2D eigenvalue weighted by atomic mass is 10.0. The van der Waals surface area contributed by atoms with Crippen LogP contribution in [0, 0.1) is 5.92 Å². The molecule has 2 aliphatic rings. The summed E-state index contributed by atoms with van der Waals surface area (Å²) in [6, 6.07) is 12.9. The van der Waals surface area contributed by atoms with Crippen molar-refractivity contribution < 1.29 is 18.0 Å². The van der Waals surface area contributed by atoms with E-state index >= 15 is 0 Å². The zero-order valence-electron chi connectivity index (χ0n) is 16.6. The Balaban J connectivity index is 1.29. The first-order valence-electron chi connectivity index (χ1n) is 10.1. The molecule has 160 valence electrons. The minimum Gasteiger partial charge on any atom is -0.342 e. The molecule has 9 heteroatoms. The van der Waals surface area contributed by atoms with E-state index in [0.717, 1.165) is 5.56 Å². The molecule has 7 nitrogen and oxygen atoms in total. The van der Waals surface area contributed by atoms with Crippen LogP contribution in [0.5, 0.6) is 0 Å². The SMILES string of the molecule is O=C1CC(C(=O)N2CCC(NS(=O)(=O)c3cccs3)CC2)CN1Cc1ccccc1. The number of likely N-dealkylation sites (tertiary alicyclic amines) is 2. The van der Waals surface area contributed by atoms with Gasteiger partial charge >= 0.3 is 0 Å². The van der Waals surface area contributed by atoms with E-state index in [1.165, 1.54) is 11.3 Å². The van der Waals surface area contributed by atoms with Crippen molar-refractivity contribution in [2.45, 2.75) is 36.1 Å². The van der Waals surface area contributed by atoms with E-state index in [4.69, 9.17) is 0 Å². The average Bonchev–Trinajstić information content (AvgIpc) is 3.40. The molecule has 1 unspecified atom stereocenters. The van der Waals surface area contributed by atoms with Gasteiger partial charge in [0, 0.05) is 38.6 Å². The molecule has 2 amide bonds. The fourth-order valence-electron chi connectivity index (χ4n) is 4.06. The maximum atomic E-state index is 12.9. The molecule has 1 atom stereocenters. The monoisotopic (exact) mass is 447 g/mol. The highest BCUT2D eigenvalue weighted by Crippen LogP contribution is 2.24. The van der Waals surface area contributed by atoms with Gasteiger partial charge in [-0.05, 0) is 29.9 Å². The predicted molar refractivity (Wildman–Crippen MR) is 114 cm³/mol. The number of hydrogen-bond donors (Lipinski definition) is 1. The van der Waals surface area contributed by atoms with Crippen LogP contribution in [0.25, 0.3) is 0 Å². The summed E-state index contributed by atoms with van der Waals surface area (Å²) in [5, 5.41) is 1.74. The van der Waals surface area contributed by atoms with Crippen LogP contribution in [0.1, 0.15) is 24.8 Å². The lowest BCUT2D eigenvalue weighted by molar-refractivity contribution is -0.136. The zero-order chi connectivity index (χ0) is 21.1. The molecular weight excluding hydrogens is 422 g/mol. The van der Waals surface area contributed by atoms with Crippen LogP contribution in [0.15, 0.2) is 52.1 Å². The second kappa shape index (κ2) is 8.87. The summed E-state index contributed by atoms with van der Waals surface area (Å²) in [5.41, 5.74) is 1.05. The molecule has 4 rings (SSSR count). The summed E-state index contributed by atoms with van der Waals surface area (Å²) in [5.74, 6) is -0.310. The molecule has 1 aromatic carbocycles. The Labute approximate surface area is 180 Å². The van der Waals surface area contributed by atoms with Gasteiger partial charge in [0.1, 0.15) is 4.21 Å². The Bertz CT molecular complexity index is 985. The van der Waals surface area contributed by atoms with Crippen molar-refractivity contribution >= 4 is 33.2 Å². The Morgan fingerprint density at radius 3 is 2.50 bits per heavy atom. The highest BCUT2D eigenvalue weighted by atomic mass is 32.2. The van der Waals surface area contributed by atoms with Crippen LogP contribution in [0.2, 0.25) is 0 Å². The van der Waals surface area contributed by atoms with Gasteiger partial charge in [-0.2, -0.15) is 0 Å². The summed E-state index contributed by atoms with van der Waals surface area (Å²) in [6.07, 6.45) is 1.39. The van der Waals surface area contributed by atoms with Crippen molar-refractivity contribution in [1.82, 2.24) is 14.5 Å². The Morgan fingerprint density at radius 1 is 1.10 bits per heavy atom. The fraction of sp³-hybridized carbons (Fsp3) is 0.429. The van der Waals surface area contributed by atoms with Gasteiger partial charge in [0.05, 0.1) is 5.92 Å². The number of sulfonamides is 1. The minimum atomic E-state index is -3.50. The van der Waals surface area contributed by atoms with E-state index < -0.39 is 10.0 Å². The van der Waals surface area contributed by atoms with E-state index in [-0.39, 0.29) is 30.2 Å². The first-order valence-corrected chi connectivity index (χ1v) is 12.4. The van der Waals surface area contributed by atoms with Gasteiger partial charge in [0.15, 0.2) is 0 Å². The van der Waals surface area contributed by atoms with E-state index in [9.17, 15) is 18.0 Å². The van der Waals surface area contributed by atoms with E-state index in [1.807, 2.05) is 30.3 Å². The Hall–Kier alpha value is -2.23. The van der Waals surface area contributed by atoms with Gasteiger partial charge in [0.2, 0.25) is 21.8 Å². The quantitative estimate of drug-likeness (QED) is 0.734. The third-order valence-electron chi connectivity index (χ3n) is 5.67. The number of rotatable bonds is 6. The minimum absolute atomic E-state index is 0.00141. The van der Waals surface area contributed by atoms with Crippen molar-refractivity contribution in [3.8, 4) is 0 Å². The van der Waals surface area contributed by atoms with Crippen molar-refractivity contribution in [2.75, 3.05) is 19.6 Å². The second-order valence-electron chi connectivity index (χ2n) is 7.81. The van der Waals surface area contributed by atoms with Crippen LogP contribution >= 0.6 is 11.3 Å². The largest absolute Gasteiger partial charge is 0.342 e. The molecular formula is C21H25N3O4S2. The van der Waals surface area contributed by atoms with E-state index in [0.29, 0.717) is 43.2 Å². The van der Waals surface area contributed by atoms with Gasteiger partial charge in [0.25, 0.3) is 0 Å². The summed E-state index contributed by atoms with van der Waals surface area (Å²) < 4.78 is 27.8. The number of carbonyl (C=O) groups is 2. The van der Waals surface area contributed by atoms with Crippen LogP contribution in [0.4, 0.5) is 0 Å². The topological polar surface area (TPSA) is 86.8 Å². The third kappa shape index (κ3) is 4.74. The standard InChI is InChI=1S/C21H25N3O4S2/c25-19-13-17(15-24(19)14-16-5-2-1-3-6-16)21(26)23-10-8-18(9-11-23)22-30(27,28)20-7-4-12-29-20/h1-7,12,17-18,22H,8-11,13-15H2. The van der Waals surface area contributed by atoms with Gasteiger partial charge in [-0.25, -0.2) is 13.1 Å². The number of benzene rings is 1.